The number of hydrogen-bond acceptors (Lipinski definition) is 5. The number of alkyl halides is 6. The third-order valence-electron chi connectivity index (χ3n) is 5.42. The van der Waals surface area contributed by atoms with Crippen LogP contribution in [-0.4, -0.2) is 49.6 Å². The number of rotatable bonds is 6. The monoisotopic (exact) mass is 543 g/mol. The van der Waals surface area contributed by atoms with Crippen LogP contribution in [0.2, 0.25) is 0 Å². The zero-order valence-corrected chi connectivity index (χ0v) is 19.8. The third-order valence-corrected chi connectivity index (χ3v) is 5.42. The highest BCUT2D eigenvalue weighted by Crippen LogP contribution is 2.37. The first-order chi connectivity index (χ1) is 17.5. The number of carboxylic acid groups (broad SMARTS) is 1. The molecule has 3 aromatic rings. The van der Waals surface area contributed by atoms with Gasteiger partial charge in [0.15, 0.2) is 11.6 Å². The second kappa shape index (κ2) is 10.1. The first kappa shape index (κ1) is 28.1. The van der Waals surface area contributed by atoms with Crippen molar-refractivity contribution in [2.24, 2.45) is 0 Å². The molecule has 0 radical (unpaired) electrons. The molecule has 0 saturated heterocycles. The summed E-state index contributed by atoms with van der Waals surface area (Å²) >= 11 is 0. The predicted molar refractivity (Wildman–Crippen MR) is 120 cm³/mol. The van der Waals surface area contributed by atoms with Crippen molar-refractivity contribution in [3.8, 4) is 5.82 Å². The van der Waals surface area contributed by atoms with Gasteiger partial charge in [0.05, 0.1) is 28.4 Å². The van der Waals surface area contributed by atoms with Crippen LogP contribution in [0.3, 0.4) is 0 Å². The molecule has 2 amide bonds. The fourth-order valence-corrected chi connectivity index (χ4v) is 3.41. The molecule has 3 rings (SSSR count). The van der Waals surface area contributed by atoms with E-state index in [9.17, 15) is 40.7 Å². The number of amides is 2. The Morgan fingerprint density at radius 2 is 1.55 bits per heavy atom. The molecular weight excluding hydrogens is 524 g/mol. The normalized spacial score (nSPS) is 12.7. The number of nitrogens with one attached hydrogen (secondary N) is 1. The lowest BCUT2D eigenvalue weighted by molar-refractivity contribution is -0.143. The van der Waals surface area contributed by atoms with Crippen molar-refractivity contribution in [1.82, 2.24) is 19.7 Å². The molecule has 2 aromatic heterocycles. The number of nitrogens with zero attached hydrogens (tertiary/aromatic N) is 4. The van der Waals surface area contributed by atoms with Crippen molar-refractivity contribution in [3.63, 3.8) is 0 Å². The predicted octanol–water partition coefficient (Wildman–Crippen LogP) is 4.79. The number of aromatic nitrogens is 3. The molecule has 0 bridgehead atoms. The van der Waals surface area contributed by atoms with E-state index in [0.717, 1.165) is 22.8 Å². The first-order valence-electron chi connectivity index (χ1n) is 10.6. The van der Waals surface area contributed by atoms with Crippen LogP contribution >= 0.6 is 0 Å². The van der Waals surface area contributed by atoms with Crippen molar-refractivity contribution < 1.29 is 45.8 Å². The van der Waals surface area contributed by atoms with Crippen molar-refractivity contribution in [2.75, 3.05) is 12.4 Å². The summed E-state index contributed by atoms with van der Waals surface area (Å²) < 4.78 is 80.8. The number of halogens is 6. The van der Waals surface area contributed by atoms with Gasteiger partial charge in [-0.25, -0.2) is 14.5 Å². The van der Waals surface area contributed by atoms with Gasteiger partial charge in [0.1, 0.15) is 0 Å². The Morgan fingerprint density at radius 3 is 2.00 bits per heavy atom. The van der Waals surface area contributed by atoms with Crippen LogP contribution in [0, 0.1) is 0 Å². The first-order valence-corrected chi connectivity index (χ1v) is 10.6. The van der Waals surface area contributed by atoms with E-state index in [1.807, 2.05) is 0 Å². The van der Waals surface area contributed by atoms with E-state index in [-0.39, 0.29) is 29.0 Å². The summed E-state index contributed by atoms with van der Waals surface area (Å²) in [7, 11) is 1.16. The largest absolute Gasteiger partial charge is 0.478 e. The fourth-order valence-electron chi connectivity index (χ4n) is 3.41. The maximum Gasteiger partial charge on any atom is 0.416 e. The number of aromatic carboxylic acids is 1. The van der Waals surface area contributed by atoms with Gasteiger partial charge in [0.2, 0.25) is 5.91 Å². The van der Waals surface area contributed by atoms with Crippen LogP contribution in [0.4, 0.5) is 32.2 Å². The van der Waals surface area contributed by atoms with E-state index in [1.165, 1.54) is 32.0 Å². The highest BCUT2D eigenvalue weighted by atomic mass is 19.4. The molecule has 202 valence electrons. The molecule has 0 aliphatic heterocycles. The third kappa shape index (κ3) is 6.10. The minimum absolute atomic E-state index is 0.00253. The quantitative estimate of drug-likeness (QED) is 0.432. The fraction of sp³-hybridized carbons (Fsp3) is 0.261. The van der Waals surface area contributed by atoms with Crippen molar-refractivity contribution >= 4 is 23.6 Å². The number of carboxylic acids is 1. The number of carbonyl (C=O) groups excluding carboxylic acids is 2. The highest BCUT2D eigenvalue weighted by molar-refractivity contribution is 5.95. The lowest BCUT2D eigenvalue weighted by atomic mass is 10.0. The van der Waals surface area contributed by atoms with Crippen LogP contribution in [0.1, 0.15) is 57.4 Å². The van der Waals surface area contributed by atoms with Gasteiger partial charge in [-0.1, -0.05) is 0 Å². The highest BCUT2D eigenvalue weighted by Gasteiger charge is 2.38. The van der Waals surface area contributed by atoms with E-state index in [1.54, 1.807) is 0 Å². The Hall–Kier alpha value is -4.43. The standard InChI is InChI=1S/C23H19F6N5O4/c1-11(33(3)20(36)14-6-15(22(24,25)26)8-16(7-14)23(27,28)29)17-9-18(31-12(2)35)32-34(17)19-5-4-13(10-30-19)21(37)38/h4-11H,1-3H3,(H,37,38)(H,31,32,35). The summed E-state index contributed by atoms with van der Waals surface area (Å²) in [6.45, 7) is 2.62. The van der Waals surface area contributed by atoms with Crippen LogP contribution in [0.5, 0.6) is 0 Å². The average Bonchev–Trinajstić information content (AvgIpc) is 3.24. The Kier molecular flexibility index (Phi) is 7.51. The lowest BCUT2D eigenvalue weighted by Gasteiger charge is -2.26. The summed E-state index contributed by atoms with van der Waals surface area (Å²) in [6, 6.07) is 3.38. The maximum atomic E-state index is 13.3. The van der Waals surface area contributed by atoms with E-state index >= 15 is 0 Å². The SMILES string of the molecule is CC(=O)Nc1cc(C(C)N(C)C(=O)c2cc(C(F)(F)F)cc(C(F)(F)F)c2)n(-c2ccc(C(=O)O)cn2)n1. The van der Waals surface area contributed by atoms with Gasteiger partial charge in [0, 0.05) is 31.8 Å². The smallest absolute Gasteiger partial charge is 0.416 e. The van der Waals surface area contributed by atoms with Crippen molar-refractivity contribution in [2.45, 2.75) is 32.2 Å². The van der Waals surface area contributed by atoms with E-state index in [4.69, 9.17) is 5.11 Å². The molecule has 38 heavy (non-hydrogen) atoms. The number of benzene rings is 1. The Labute approximate surface area is 210 Å². The molecule has 0 spiro atoms. The summed E-state index contributed by atoms with van der Waals surface area (Å²) in [6.07, 6.45) is -9.25. The molecule has 0 aliphatic carbocycles. The minimum Gasteiger partial charge on any atom is -0.478 e. The molecule has 1 atom stereocenters. The molecule has 1 aromatic carbocycles. The van der Waals surface area contributed by atoms with Crippen molar-refractivity contribution in [3.05, 3.63) is 70.5 Å². The molecule has 0 fully saturated rings. The van der Waals surface area contributed by atoms with Crippen LogP contribution < -0.4 is 5.32 Å². The van der Waals surface area contributed by atoms with Gasteiger partial charge in [0.25, 0.3) is 5.91 Å². The molecule has 1 unspecified atom stereocenters. The zero-order chi connectivity index (χ0) is 28.6. The number of hydrogen-bond donors (Lipinski definition) is 2. The number of pyridine rings is 1. The molecule has 2 N–H and O–H groups in total. The summed E-state index contributed by atoms with van der Waals surface area (Å²) in [5.41, 5.74) is -4.12. The molecule has 0 saturated carbocycles. The van der Waals surface area contributed by atoms with E-state index in [2.05, 4.69) is 15.4 Å². The van der Waals surface area contributed by atoms with Gasteiger partial charge in [-0.3, -0.25) is 9.59 Å². The van der Waals surface area contributed by atoms with Gasteiger partial charge in [-0.05, 0) is 37.3 Å². The summed E-state index contributed by atoms with van der Waals surface area (Å²) in [5.74, 6) is -2.84. The van der Waals surface area contributed by atoms with E-state index in [0.29, 0.717) is 12.1 Å². The summed E-state index contributed by atoms with van der Waals surface area (Å²) in [4.78, 5) is 40.6. The Morgan fingerprint density at radius 1 is 0.974 bits per heavy atom. The minimum atomic E-state index is -5.14. The molecular formula is C23H19F6N5O4. The topological polar surface area (TPSA) is 117 Å². The molecule has 9 nitrogen and oxygen atoms in total. The van der Waals surface area contributed by atoms with Crippen LogP contribution in [0.25, 0.3) is 5.82 Å². The van der Waals surface area contributed by atoms with Gasteiger partial charge in [-0.2, -0.15) is 26.3 Å². The number of carbonyl (C=O) groups is 3. The molecule has 15 heteroatoms. The summed E-state index contributed by atoms with van der Waals surface area (Å²) in [5, 5.41) is 15.7. The maximum absolute atomic E-state index is 13.3. The number of anilines is 1. The van der Waals surface area contributed by atoms with Gasteiger partial charge >= 0.3 is 18.3 Å². The van der Waals surface area contributed by atoms with Gasteiger partial charge < -0.3 is 15.3 Å². The Bertz CT molecular complexity index is 1350. The average molecular weight is 543 g/mol. The van der Waals surface area contributed by atoms with E-state index < -0.39 is 52.9 Å². The van der Waals surface area contributed by atoms with Crippen LogP contribution in [0.15, 0.2) is 42.6 Å². The zero-order valence-electron chi connectivity index (χ0n) is 19.8. The van der Waals surface area contributed by atoms with Crippen molar-refractivity contribution in [1.29, 1.82) is 0 Å². The lowest BCUT2D eigenvalue weighted by Crippen LogP contribution is -2.31. The second-order valence-corrected chi connectivity index (χ2v) is 8.14. The van der Waals surface area contributed by atoms with Gasteiger partial charge in [-0.15, -0.1) is 5.10 Å². The molecule has 2 heterocycles. The molecule has 0 aliphatic rings. The second-order valence-electron chi connectivity index (χ2n) is 8.14. The Balaban J connectivity index is 2.06. The van der Waals surface area contributed by atoms with Crippen LogP contribution in [-0.2, 0) is 17.1 Å².